The van der Waals surface area contributed by atoms with Crippen molar-refractivity contribution < 1.29 is 14.3 Å². The molecular formula is C23H30N4O3. The van der Waals surface area contributed by atoms with Crippen molar-refractivity contribution in [2.45, 2.75) is 37.3 Å². The van der Waals surface area contributed by atoms with Gasteiger partial charge in [0.05, 0.1) is 24.5 Å². The lowest BCUT2D eigenvalue weighted by molar-refractivity contribution is -0.136. The Hall–Kier alpha value is -2.22. The minimum atomic E-state index is -0.0822. The highest BCUT2D eigenvalue weighted by Crippen LogP contribution is 2.37. The second kappa shape index (κ2) is 8.49. The second-order valence-electron chi connectivity index (χ2n) is 8.65. The van der Waals surface area contributed by atoms with Crippen molar-refractivity contribution in [3.05, 3.63) is 42.1 Å². The van der Waals surface area contributed by atoms with Crippen LogP contribution in [0.2, 0.25) is 0 Å². The van der Waals surface area contributed by atoms with E-state index in [0.29, 0.717) is 11.7 Å². The number of aromatic nitrogens is 2. The smallest absolute Gasteiger partial charge is 0.271 e. The fourth-order valence-electron chi connectivity index (χ4n) is 5.08. The summed E-state index contributed by atoms with van der Waals surface area (Å²) in [5.41, 5.74) is 2.29. The number of morpholine rings is 1. The largest absolute Gasteiger partial charge is 0.379 e. The van der Waals surface area contributed by atoms with Crippen LogP contribution in [0.3, 0.4) is 0 Å². The van der Waals surface area contributed by atoms with E-state index in [1.165, 1.54) is 0 Å². The standard InChI is InChI=1S/C23H30N4O3/c28-22(21-16-20(24-25-21)18-4-2-1-3-5-18)27-9-7-23(8-10-27)17-19(6-13-30-23)26-11-14-29-15-12-26/h1-5,16,19H,6-15,17H2,(H,24,25). The summed E-state index contributed by atoms with van der Waals surface area (Å²) >= 11 is 0. The van der Waals surface area contributed by atoms with Crippen molar-refractivity contribution in [2.24, 2.45) is 0 Å². The van der Waals surface area contributed by atoms with Gasteiger partial charge in [0.2, 0.25) is 0 Å². The summed E-state index contributed by atoms with van der Waals surface area (Å²) in [6.45, 7) is 5.99. The maximum Gasteiger partial charge on any atom is 0.271 e. The van der Waals surface area contributed by atoms with Crippen molar-refractivity contribution in [1.82, 2.24) is 20.0 Å². The number of aromatic amines is 1. The number of benzene rings is 1. The summed E-state index contributed by atoms with van der Waals surface area (Å²) in [6.07, 6.45) is 3.97. The van der Waals surface area contributed by atoms with Crippen LogP contribution in [0.1, 0.15) is 36.2 Å². The van der Waals surface area contributed by atoms with E-state index < -0.39 is 0 Å². The number of piperidine rings is 1. The summed E-state index contributed by atoms with van der Waals surface area (Å²) in [5, 5.41) is 7.27. The molecule has 1 aromatic heterocycles. The number of rotatable bonds is 3. The highest BCUT2D eigenvalue weighted by atomic mass is 16.5. The van der Waals surface area contributed by atoms with Gasteiger partial charge in [-0.15, -0.1) is 0 Å². The zero-order valence-corrected chi connectivity index (χ0v) is 17.4. The zero-order chi connectivity index (χ0) is 20.4. The molecule has 0 bridgehead atoms. The third kappa shape index (κ3) is 4.02. The summed E-state index contributed by atoms with van der Waals surface area (Å²) < 4.78 is 11.8. The van der Waals surface area contributed by atoms with Crippen molar-refractivity contribution in [3.63, 3.8) is 0 Å². The minimum Gasteiger partial charge on any atom is -0.379 e. The van der Waals surface area contributed by atoms with E-state index >= 15 is 0 Å². The number of nitrogens with one attached hydrogen (secondary N) is 1. The average Bonchev–Trinajstić information content (AvgIpc) is 3.31. The molecule has 4 heterocycles. The molecule has 3 aliphatic rings. The molecule has 7 nitrogen and oxygen atoms in total. The van der Waals surface area contributed by atoms with E-state index in [1.807, 2.05) is 41.3 Å². The summed E-state index contributed by atoms with van der Waals surface area (Å²) in [4.78, 5) is 17.5. The molecule has 160 valence electrons. The maximum absolute atomic E-state index is 13.0. The van der Waals surface area contributed by atoms with Gasteiger partial charge in [-0.3, -0.25) is 14.8 Å². The topological polar surface area (TPSA) is 70.7 Å². The van der Waals surface area contributed by atoms with Crippen LogP contribution in [0.15, 0.2) is 36.4 Å². The van der Waals surface area contributed by atoms with Crippen LogP contribution in [0, 0.1) is 0 Å². The van der Waals surface area contributed by atoms with Crippen LogP contribution in [0.4, 0.5) is 0 Å². The van der Waals surface area contributed by atoms with Crippen LogP contribution in [0.25, 0.3) is 11.3 Å². The van der Waals surface area contributed by atoms with E-state index in [2.05, 4.69) is 15.1 Å². The fraction of sp³-hybridized carbons (Fsp3) is 0.565. The Bertz CT molecular complexity index is 854. The lowest BCUT2D eigenvalue weighted by atomic mass is 9.81. The predicted octanol–water partition coefficient (Wildman–Crippen LogP) is 2.56. The van der Waals surface area contributed by atoms with Gasteiger partial charge in [-0.25, -0.2) is 0 Å². The van der Waals surface area contributed by atoms with Crippen molar-refractivity contribution in [1.29, 1.82) is 0 Å². The summed E-state index contributed by atoms with van der Waals surface area (Å²) in [5.74, 6) is 0.0278. The number of ether oxygens (including phenoxy) is 2. The Morgan fingerprint density at radius 1 is 1.07 bits per heavy atom. The quantitative estimate of drug-likeness (QED) is 0.842. The van der Waals surface area contributed by atoms with Crippen LogP contribution in [0.5, 0.6) is 0 Å². The van der Waals surface area contributed by atoms with E-state index in [-0.39, 0.29) is 11.5 Å². The van der Waals surface area contributed by atoms with Crippen LogP contribution < -0.4 is 0 Å². The van der Waals surface area contributed by atoms with E-state index in [0.717, 1.165) is 82.9 Å². The number of likely N-dealkylation sites (tertiary alicyclic amines) is 1. The first-order valence-corrected chi connectivity index (χ1v) is 11.1. The maximum atomic E-state index is 13.0. The van der Waals surface area contributed by atoms with Crippen molar-refractivity contribution in [3.8, 4) is 11.3 Å². The van der Waals surface area contributed by atoms with Crippen LogP contribution >= 0.6 is 0 Å². The third-order valence-corrected chi connectivity index (χ3v) is 6.87. The normalized spacial score (nSPS) is 24.8. The summed E-state index contributed by atoms with van der Waals surface area (Å²) in [7, 11) is 0. The van der Waals surface area contributed by atoms with Crippen molar-refractivity contribution >= 4 is 5.91 Å². The highest BCUT2D eigenvalue weighted by Gasteiger charge is 2.42. The molecule has 1 unspecified atom stereocenters. The molecule has 1 spiro atoms. The average molecular weight is 411 g/mol. The Labute approximate surface area is 177 Å². The molecule has 2 aromatic rings. The molecule has 1 aromatic carbocycles. The molecule has 1 amide bonds. The lowest BCUT2D eigenvalue weighted by Gasteiger charge is -2.49. The molecule has 3 fully saturated rings. The first-order valence-electron chi connectivity index (χ1n) is 11.1. The number of nitrogens with zero attached hydrogens (tertiary/aromatic N) is 3. The molecule has 7 heteroatoms. The Balaban J connectivity index is 1.20. The van der Waals surface area contributed by atoms with Crippen molar-refractivity contribution in [2.75, 3.05) is 46.0 Å². The minimum absolute atomic E-state index is 0.0278. The number of hydrogen-bond donors (Lipinski definition) is 1. The molecule has 1 N–H and O–H groups in total. The Kier molecular flexibility index (Phi) is 5.58. The fourth-order valence-corrected chi connectivity index (χ4v) is 5.08. The molecule has 3 aliphatic heterocycles. The number of carbonyl (C=O) groups is 1. The molecule has 0 radical (unpaired) electrons. The van der Waals surface area contributed by atoms with Gasteiger partial charge in [-0.2, -0.15) is 5.10 Å². The first kappa shape index (κ1) is 19.7. The number of hydrogen-bond acceptors (Lipinski definition) is 5. The molecule has 30 heavy (non-hydrogen) atoms. The molecule has 3 saturated heterocycles. The van der Waals surface area contributed by atoms with Crippen LogP contribution in [-0.2, 0) is 9.47 Å². The molecule has 1 atom stereocenters. The van der Waals surface area contributed by atoms with Gasteiger partial charge in [0.15, 0.2) is 0 Å². The zero-order valence-electron chi connectivity index (χ0n) is 17.4. The highest BCUT2D eigenvalue weighted by molar-refractivity contribution is 5.93. The Morgan fingerprint density at radius 2 is 1.83 bits per heavy atom. The monoisotopic (exact) mass is 410 g/mol. The summed E-state index contributed by atoms with van der Waals surface area (Å²) in [6, 6.07) is 12.4. The Morgan fingerprint density at radius 3 is 2.60 bits per heavy atom. The molecule has 5 rings (SSSR count). The van der Waals surface area contributed by atoms with Gasteiger partial charge in [-0.05, 0) is 31.7 Å². The van der Waals surface area contributed by atoms with Gasteiger partial charge in [0.1, 0.15) is 5.69 Å². The van der Waals surface area contributed by atoms with E-state index in [9.17, 15) is 4.79 Å². The second-order valence-corrected chi connectivity index (χ2v) is 8.65. The third-order valence-electron chi connectivity index (χ3n) is 6.87. The SMILES string of the molecule is O=C(c1cc(-c2ccccc2)n[nH]1)N1CCC2(CC1)CC(N1CCOCC1)CCO2. The lowest BCUT2D eigenvalue weighted by Crippen LogP contribution is -2.55. The van der Waals surface area contributed by atoms with Gasteiger partial charge in [0.25, 0.3) is 5.91 Å². The number of amides is 1. The number of H-pyrrole nitrogens is 1. The first-order chi connectivity index (χ1) is 14.7. The molecular weight excluding hydrogens is 380 g/mol. The molecule has 0 aliphatic carbocycles. The van der Waals surface area contributed by atoms with Gasteiger partial charge >= 0.3 is 0 Å². The van der Waals surface area contributed by atoms with E-state index in [1.54, 1.807) is 0 Å². The van der Waals surface area contributed by atoms with Gasteiger partial charge < -0.3 is 14.4 Å². The molecule has 0 saturated carbocycles. The van der Waals surface area contributed by atoms with Crippen LogP contribution in [-0.4, -0.2) is 83.5 Å². The van der Waals surface area contributed by atoms with Gasteiger partial charge in [-0.1, -0.05) is 30.3 Å². The van der Waals surface area contributed by atoms with E-state index in [4.69, 9.17) is 9.47 Å². The number of carbonyl (C=O) groups excluding carboxylic acids is 1. The predicted molar refractivity (Wildman–Crippen MR) is 113 cm³/mol. The van der Waals surface area contributed by atoms with Gasteiger partial charge in [0, 0.05) is 44.4 Å².